The van der Waals surface area contributed by atoms with Crippen molar-refractivity contribution < 1.29 is 4.79 Å². The molecule has 24 heavy (non-hydrogen) atoms. The fraction of sp³-hybridized carbons (Fsp3) is 0.438. The van der Waals surface area contributed by atoms with Crippen molar-refractivity contribution in [3.8, 4) is 0 Å². The van der Waals surface area contributed by atoms with Gasteiger partial charge in [-0.15, -0.1) is 5.10 Å². The van der Waals surface area contributed by atoms with Gasteiger partial charge in [-0.1, -0.05) is 11.8 Å². The van der Waals surface area contributed by atoms with Crippen LogP contribution in [0.5, 0.6) is 0 Å². The number of benzene rings is 1. The number of aromatic nitrogens is 3. The second-order valence-corrected chi connectivity index (χ2v) is 6.84. The van der Waals surface area contributed by atoms with Crippen molar-refractivity contribution in [2.24, 2.45) is 7.05 Å². The molecule has 7 nitrogen and oxygen atoms in total. The Hall–Kier alpha value is -2.22. The Balaban J connectivity index is 1.59. The van der Waals surface area contributed by atoms with Crippen LogP contribution in [0, 0.1) is 6.92 Å². The molecule has 1 aliphatic rings. The lowest BCUT2D eigenvalue weighted by molar-refractivity contribution is -0.113. The lowest BCUT2D eigenvalue weighted by Gasteiger charge is -2.19. The van der Waals surface area contributed by atoms with Crippen molar-refractivity contribution in [2.45, 2.75) is 24.9 Å². The number of thioether (sulfide) groups is 1. The lowest BCUT2D eigenvalue weighted by Crippen LogP contribution is -2.19. The molecule has 1 aliphatic heterocycles. The highest BCUT2D eigenvalue weighted by Crippen LogP contribution is 2.25. The minimum absolute atomic E-state index is 0.118. The number of nitrogens with one attached hydrogen (secondary N) is 2. The maximum absolute atomic E-state index is 12.1. The zero-order chi connectivity index (χ0) is 17.1. The minimum Gasteiger partial charge on any atom is -0.372 e. The van der Waals surface area contributed by atoms with Gasteiger partial charge in [0.05, 0.1) is 5.75 Å². The van der Waals surface area contributed by atoms with Crippen LogP contribution in [-0.4, -0.2) is 39.5 Å². The molecule has 2 heterocycles. The van der Waals surface area contributed by atoms with E-state index in [1.54, 1.807) is 7.05 Å². The summed E-state index contributed by atoms with van der Waals surface area (Å²) in [6.07, 6.45) is 2.48. The van der Waals surface area contributed by atoms with Crippen molar-refractivity contribution in [3.63, 3.8) is 0 Å². The average molecular weight is 347 g/mol. The van der Waals surface area contributed by atoms with Gasteiger partial charge in [0.2, 0.25) is 5.91 Å². The van der Waals surface area contributed by atoms with Gasteiger partial charge in [0.1, 0.15) is 0 Å². The Morgan fingerprint density at radius 3 is 2.75 bits per heavy atom. The smallest absolute Gasteiger partial charge is 0.343 e. The van der Waals surface area contributed by atoms with Crippen molar-refractivity contribution >= 4 is 29.0 Å². The number of nitrogens with zero attached hydrogens (tertiary/aromatic N) is 3. The van der Waals surface area contributed by atoms with E-state index in [1.165, 1.54) is 34.9 Å². The number of hydrogen-bond donors (Lipinski definition) is 2. The van der Waals surface area contributed by atoms with Gasteiger partial charge in [-0.25, -0.2) is 9.89 Å². The average Bonchev–Trinajstić information content (AvgIpc) is 3.20. The third kappa shape index (κ3) is 3.64. The van der Waals surface area contributed by atoms with E-state index in [9.17, 15) is 9.59 Å². The maximum atomic E-state index is 12.1. The van der Waals surface area contributed by atoms with Gasteiger partial charge in [0, 0.05) is 31.5 Å². The van der Waals surface area contributed by atoms with Gasteiger partial charge in [0.25, 0.3) is 0 Å². The van der Waals surface area contributed by atoms with Crippen LogP contribution in [0.1, 0.15) is 18.4 Å². The minimum atomic E-state index is -0.286. The van der Waals surface area contributed by atoms with Gasteiger partial charge in [-0.05, 0) is 43.5 Å². The number of aryl methyl sites for hydroxylation is 1. The van der Waals surface area contributed by atoms with E-state index in [4.69, 9.17) is 0 Å². The van der Waals surface area contributed by atoms with Crippen molar-refractivity contribution in [3.05, 3.63) is 34.2 Å². The number of anilines is 2. The molecule has 1 aromatic heterocycles. The fourth-order valence-corrected chi connectivity index (χ4v) is 3.46. The molecule has 0 unspecified atom stereocenters. The summed E-state index contributed by atoms with van der Waals surface area (Å²) < 4.78 is 1.38. The van der Waals surface area contributed by atoms with Crippen LogP contribution in [-0.2, 0) is 11.8 Å². The first kappa shape index (κ1) is 16.6. The number of carbonyl (C=O) groups is 1. The Morgan fingerprint density at radius 1 is 1.38 bits per heavy atom. The van der Waals surface area contributed by atoms with Crippen LogP contribution in [0.4, 0.5) is 11.4 Å². The summed E-state index contributed by atoms with van der Waals surface area (Å²) in [4.78, 5) is 25.8. The molecule has 0 aliphatic carbocycles. The normalized spacial score (nSPS) is 14.2. The zero-order valence-electron chi connectivity index (χ0n) is 13.8. The Bertz CT molecular complexity index is 792. The molecule has 0 bridgehead atoms. The summed E-state index contributed by atoms with van der Waals surface area (Å²) in [6.45, 7) is 4.20. The van der Waals surface area contributed by atoms with Crippen molar-refractivity contribution in [2.75, 3.05) is 29.1 Å². The third-order valence-corrected chi connectivity index (χ3v) is 5.16. The molecule has 0 radical (unpaired) electrons. The Kier molecular flexibility index (Phi) is 4.94. The van der Waals surface area contributed by atoms with E-state index in [2.05, 4.69) is 32.5 Å². The summed E-state index contributed by atoms with van der Waals surface area (Å²) in [5.74, 6) is 0.0818. The number of amides is 1. The number of aromatic amines is 1. The van der Waals surface area contributed by atoms with Crippen LogP contribution in [0.3, 0.4) is 0 Å². The molecule has 3 rings (SSSR count). The first-order chi connectivity index (χ1) is 11.5. The van der Waals surface area contributed by atoms with Crippen molar-refractivity contribution in [1.82, 2.24) is 14.8 Å². The monoisotopic (exact) mass is 347 g/mol. The molecule has 8 heteroatoms. The summed E-state index contributed by atoms with van der Waals surface area (Å²) in [5.41, 5.74) is 2.79. The molecule has 1 fully saturated rings. The fourth-order valence-electron chi connectivity index (χ4n) is 2.74. The molecule has 1 saturated heterocycles. The van der Waals surface area contributed by atoms with Gasteiger partial charge in [-0.2, -0.15) is 0 Å². The van der Waals surface area contributed by atoms with E-state index in [0.29, 0.717) is 5.16 Å². The summed E-state index contributed by atoms with van der Waals surface area (Å²) >= 11 is 1.22. The van der Waals surface area contributed by atoms with Gasteiger partial charge in [0.15, 0.2) is 5.16 Å². The largest absolute Gasteiger partial charge is 0.372 e. The molecular weight excluding hydrogens is 326 g/mol. The standard InChI is InChI=1S/C16H21N5O2S/c1-11-9-12(21-7-3-4-8-21)5-6-13(11)17-14(22)10-24-16-19-18-15(23)20(16)2/h5-6,9H,3-4,7-8,10H2,1-2H3,(H,17,22)(H,18,23). The van der Waals surface area contributed by atoms with E-state index in [-0.39, 0.29) is 17.3 Å². The molecule has 0 spiro atoms. The molecule has 1 aromatic carbocycles. The quantitative estimate of drug-likeness (QED) is 0.805. The number of H-pyrrole nitrogens is 1. The zero-order valence-corrected chi connectivity index (χ0v) is 14.7. The SMILES string of the molecule is Cc1cc(N2CCCC2)ccc1NC(=O)CSc1n[nH]c(=O)n1C. The van der Waals surface area contributed by atoms with Crippen LogP contribution in [0.2, 0.25) is 0 Å². The van der Waals surface area contributed by atoms with Crippen LogP contribution in [0.15, 0.2) is 28.2 Å². The Morgan fingerprint density at radius 2 is 2.12 bits per heavy atom. The number of rotatable bonds is 5. The first-order valence-electron chi connectivity index (χ1n) is 7.94. The predicted molar refractivity (Wildman–Crippen MR) is 95.8 cm³/mol. The van der Waals surface area contributed by atoms with Gasteiger partial charge >= 0.3 is 5.69 Å². The molecule has 0 atom stereocenters. The van der Waals surface area contributed by atoms with Crippen LogP contribution < -0.4 is 15.9 Å². The molecule has 0 saturated carbocycles. The molecule has 2 N–H and O–H groups in total. The number of carbonyl (C=O) groups excluding carboxylic acids is 1. The molecule has 128 valence electrons. The molecule has 2 aromatic rings. The molecule has 1 amide bonds. The summed E-state index contributed by atoms with van der Waals surface area (Å²) in [6, 6.07) is 6.12. The number of hydrogen-bond acceptors (Lipinski definition) is 5. The highest BCUT2D eigenvalue weighted by Gasteiger charge is 2.14. The van der Waals surface area contributed by atoms with E-state index >= 15 is 0 Å². The van der Waals surface area contributed by atoms with E-state index in [1.807, 2.05) is 13.0 Å². The van der Waals surface area contributed by atoms with E-state index in [0.717, 1.165) is 24.3 Å². The maximum Gasteiger partial charge on any atom is 0.343 e. The third-order valence-electron chi connectivity index (χ3n) is 4.13. The molecular formula is C16H21N5O2S. The second kappa shape index (κ2) is 7.12. The Labute approximate surface area is 144 Å². The van der Waals surface area contributed by atoms with Gasteiger partial charge in [-0.3, -0.25) is 9.36 Å². The van der Waals surface area contributed by atoms with Gasteiger partial charge < -0.3 is 10.2 Å². The predicted octanol–water partition coefficient (Wildman–Crippen LogP) is 1.75. The van der Waals surface area contributed by atoms with E-state index < -0.39 is 0 Å². The van der Waals surface area contributed by atoms with Crippen molar-refractivity contribution in [1.29, 1.82) is 0 Å². The van der Waals surface area contributed by atoms with Crippen LogP contribution >= 0.6 is 11.8 Å². The second-order valence-electron chi connectivity index (χ2n) is 5.90. The summed E-state index contributed by atoms with van der Waals surface area (Å²) in [5, 5.41) is 9.64. The topological polar surface area (TPSA) is 83.0 Å². The lowest BCUT2D eigenvalue weighted by atomic mass is 10.1. The summed E-state index contributed by atoms with van der Waals surface area (Å²) in [7, 11) is 1.62. The highest BCUT2D eigenvalue weighted by molar-refractivity contribution is 7.99. The van der Waals surface area contributed by atoms with Crippen LogP contribution in [0.25, 0.3) is 0 Å². The first-order valence-corrected chi connectivity index (χ1v) is 8.93. The highest BCUT2D eigenvalue weighted by atomic mass is 32.2.